The summed E-state index contributed by atoms with van der Waals surface area (Å²) in [5, 5.41) is 2.73. The molecule has 2 aromatic rings. The number of aromatic nitrogens is 2. The van der Waals surface area contributed by atoms with Crippen LogP contribution in [0.3, 0.4) is 0 Å². The highest BCUT2D eigenvalue weighted by Gasteiger charge is 2.10. The van der Waals surface area contributed by atoms with Gasteiger partial charge >= 0.3 is 0 Å². The van der Waals surface area contributed by atoms with Crippen LogP contribution in [0.25, 0.3) is 0 Å². The lowest BCUT2D eigenvalue weighted by atomic mass is 10.2. The third-order valence-electron chi connectivity index (χ3n) is 2.58. The third kappa shape index (κ3) is 3.71. The molecule has 0 radical (unpaired) electrons. The summed E-state index contributed by atoms with van der Waals surface area (Å²) in [5.74, 6) is 0.671. The summed E-state index contributed by atoms with van der Waals surface area (Å²) in [5.41, 5.74) is 1.53. The van der Waals surface area contributed by atoms with Crippen LogP contribution in [0.1, 0.15) is 21.9 Å². The highest BCUT2D eigenvalue weighted by molar-refractivity contribution is 7.97. The largest absolute Gasteiger partial charge is 0.321 e. The molecule has 0 saturated carbocycles. The van der Waals surface area contributed by atoms with Crippen molar-refractivity contribution in [3.63, 3.8) is 0 Å². The molecule has 1 heterocycles. The number of hydrogen-bond donors (Lipinski definition) is 2. The molecule has 0 atom stereocenters. The maximum absolute atomic E-state index is 12.1. The van der Waals surface area contributed by atoms with E-state index in [9.17, 15) is 9.59 Å². The molecule has 0 spiro atoms. The van der Waals surface area contributed by atoms with E-state index in [0.717, 1.165) is 5.56 Å². The second kappa shape index (κ2) is 6.38. The van der Waals surface area contributed by atoms with E-state index in [1.54, 1.807) is 6.07 Å². The van der Waals surface area contributed by atoms with E-state index >= 15 is 0 Å². The number of nitrogens with one attached hydrogen (secondary N) is 2. The second-order valence-corrected chi connectivity index (χ2v) is 5.20. The molecule has 6 heteroatoms. The Kier molecular flexibility index (Phi) is 4.57. The molecule has 0 unspecified atom stereocenters. The average Bonchev–Trinajstić information content (AvgIpc) is 2.38. The van der Waals surface area contributed by atoms with Gasteiger partial charge in [-0.3, -0.25) is 9.59 Å². The van der Waals surface area contributed by atoms with E-state index in [2.05, 4.69) is 15.3 Å². The first-order valence-corrected chi connectivity index (χ1v) is 7.45. The van der Waals surface area contributed by atoms with E-state index in [4.69, 9.17) is 0 Å². The third-order valence-corrected chi connectivity index (χ3v) is 3.14. The van der Waals surface area contributed by atoms with Gasteiger partial charge in [-0.25, -0.2) is 4.98 Å². The first-order chi connectivity index (χ1) is 9.58. The molecule has 2 N–H and O–H groups in total. The molecule has 0 fully saturated rings. The van der Waals surface area contributed by atoms with Crippen LogP contribution in [0.4, 0.5) is 5.69 Å². The minimum atomic E-state index is -0.385. The number of rotatable bonds is 4. The van der Waals surface area contributed by atoms with E-state index in [0.29, 0.717) is 17.3 Å². The molecule has 0 saturated heterocycles. The number of aryl methyl sites for hydroxylation is 1. The van der Waals surface area contributed by atoms with E-state index in [1.807, 2.05) is 31.4 Å². The van der Waals surface area contributed by atoms with Crippen LogP contribution in [-0.4, -0.2) is 22.1 Å². The van der Waals surface area contributed by atoms with Crippen LogP contribution in [0, 0.1) is 6.92 Å². The molecule has 0 aliphatic heterocycles. The predicted octanol–water partition coefficient (Wildman–Crippen LogP) is 2.19. The standard InChI is InChI=1S/C14H15N3O2S/c1-9-4-3-5-10(6-9)15-14(19)11-7-13(18)17-12(16-11)8-20-2/h3-7H,8H2,1-2H3,(H,15,19)(H,16,17,18). The molecular formula is C14H15N3O2S. The van der Waals surface area contributed by atoms with Crippen molar-refractivity contribution in [3.8, 4) is 0 Å². The van der Waals surface area contributed by atoms with Crippen molar-refractivity contribution in [2.24, 2.45) is 0 Å². The molecule has 5 nitrogen and oxygen atoms in total. The first-order valence-electron chi connectivity index (χ1n) is 6.05. The van der Waals surface area contributed by atoms with Gasteiger partial charge in [-0.2, -0.15) is 11.8 Å². The minimum absolute atomic E-state index is 0.124. The summed E-state index contributed by atoms with van der Waals surface area (Å²) in [6.07, 6.45) is 1.90. The molecule has 104 valence electrons. The molecule has 2 rings (SSSR count). The number of H-pyrrole nitrogens is 1. The molecule has 0 bridgehead atoms. The van der Waals surface area contributed by atoms with Crippen LogP contribution in [-0.2, 0) is 5.75 Å². The zero-order chi connectivity index (χ0) is 14.5. The molecule has 1 aromatic carbocycles. The smallest absolute Gasteiger partial charge is 0.274 e. The van der Waals surface area contributed by atoms with Crippen molar-refractivity contribution in [1.82, 2.24) is 9.97 Å². The number of aromatic amines is 1. The SMILES string of the molecule is CSCc1nc(C(=O)Nc2cccc(C)c2)cc(=O)[nH]1. The fourth-order valence-electron chi connectivity index (χ4n) is 1.75. The Bertz CT molecular complexity index is 682. The molecule has 20 heavy (non-hydrogen) atoms. The maximum atomic E-state index is 12.1. The summed E-state index contributed by atoms with van der Waals surface area (Å²) in [4.78, 5) is 30.4. The number of benzene rings is 1. The zero-order valence-corrected chi connectivity index (χ0v) is 12.1. The Morgan fingerprint density at radius 2 is 2.20 bits per heavy atom. The van der Waals surface area contributed by atoms with Crippen molar-refractivity contribution < 1.29 is 4.79 Å². The zero-order valence-electron chi connectivity index (χ0n) is 11.3. The van der Waals surface area contributed by atoms with Gasteiger partial charge in [-0.05, 0) is 30.9 Å². The number of hydrogen-bond acceptors (Lipinski definition) is 4. The molecule has 0 aliphatic carbocycles. The lowest BCUT2D eigenvalue weighted by Gasteiger charge is -2.06. The lowest BCUT2D eigenvalue weighted by molar-refractivity contribution is 0.102. The number of anilines is 1. The number of thioether (sulfide) groups is 1. The highest BCUT2D eigenvalue weighted by atomic mass is 32.2. The van der Waals surface area contributed by atoms with Gasteiger partial charge in [0.25, 0.3) is 11.5 Å². The highest BCUT2D eigenvalue weighted by Crippen LogP contribution is 2.11. The van der Waals surface area contributed by atoms with Gasteiger partial charge in [0.15, 0.2) is 0 Å². The van der Waals surface area contributed by atoms with Gasteiger partial charge < -0.3 is 10.3 Å². The van der Waals surface area contributed by atoms with Gasteiger partial charge in [0, 0.05) is 11.8 Å². The first kappa shape index (κ1) is 14.3. The number of carbonyl (C=O) groups is 1. The lowest BCUT2D eigenvalue weighted by Crippen LogP contribution is -2.20. The normalized spacial score (nSPS) is 10.3. The van der Waals surface area contributed by atoms with Crippen LogP contribution in [0.2, 0.25) is 0 Å². The number of amides is 1. The fraction of sp³-hybridized carbons (Fsp3) is 0.214. The topological polar surface area (TPSA) is 74.8 Å². The summed E-state index contributed by atoms with van der Waals surface area (Å²) in [7, 11) is 0. The van der Waals surface area contributed by atoms with Crippen molar-refractivity contribution in [2.75, 3.05) is 11.6 Å². The van der Waals surface area contributed by atoms with Gasteiger partial charge in [-0.1, -0.05) is 12.1 Å². The second-order valence-electron chi connectivity index (χ2n) is 4.33. The molecular weight excluding hydrogens is 274 g/mol. The summed E-state index contributed by atoms with van der Waals surface area (Å²) in [6, 6.07) is 8.65. The van der Waals surface area contributed by atoms with E-state index in [1.165, 1.54) is 17.8 Å². The van der Waals surface area contributed by atoms with E-state index in [-0.39, 0.29) is 17.2 Å². The average molecular weight is 289 g/mol. The summed E-state index contributed by atoms with van der Waals surface area (Å²) < 4.78 is 0. The Balaban J connectivity index is 2.22. The van der Waals surface area contributed by atoms with Crippen molar-refractivity contribution in [1.29, 1.82) is 0 Å². The molecule has 1 amide bonds. The summed E-state index contributed by atoms with van der Waals surface area (Å²) >= 11 is 1.53. The van der Waals surface area contributed by atoms with Crippen LogP contribution < -0.4 is 10.9 Å². The Morgan fingerprint density at radius 3 is 2.90 bits per heavy atom. The van der Waals surface area contributed by atoms with Crippen LogP contribution >= 0.6 is 11.8 Å². The fourth-order valence-corrected chi connectivity index (χ4v) is 2.16. The maximum Gasteiger partial charge on any atom is 0.274 e. The van der Waals surface area contributed by atoms with Crippen LogP contribution in [0.15, 0.2) is 35.1 Å². The predicted molar refractivity (Wildman–Crippen MR) is 81.2 cm³/mol. The number of carbonyl (C=O) groups excluding carboxylic acids is 1. The van der Waals surface area contributed by atoms with Gasteiger partial charge in [0.1, 0.15) is 11.5 Å². The van der Waals surface area contributed by atoms with Crippen molar-refractivity contribution in [2.45, 2.75) is 12.7 Å². The Labute approximate surface area is 120 Å². The van der Waals surface area contributed by atoms with Crippen molar-refractivity contribution in [3.05, 3.63) is 57.8 Å². The van der Waals surface area contributed by atoms with Gasteiger partial charge in [0.05, 0.1) is 5.75 Å². The number of nitrogens with zero attached hydrogens (tertiary/aromatic N) is 1. The summed E-state index contributed by atoms with van der Waals surface area (Å²) in [6.45, 7) is 1.94. The monoisotopic (exact) mass is 289 g/mol. The molecule has 0 aliphatic rings. The Morgan fingerprint density at radius 1 is 1.40 bits per heavy atom. The van der Waals surface area contributed by atoms with Gasteiger partial charge in [0.2, 0.25) is 0 Å². The van der Waals surface area contributed by atoms with Crippen molar-refractivity contribution >= 4 is 23.4 Å². The van der Waals surface area contributed by atoms with Gasteiger partial charge in [-0.15, -0.1) is 0 Å². The van der Waals surface area contributed by atoms with E-state index < -0.39 is 0 Å². The minimum Gasteiger partial charge on any atom is -0.321 e. The molecule has 1 aromatic heterocycles. The quantitative estimate of drug-likeness (QED) is 0.904. The Hall–Kier alpha value is -2.08. The van der Waals surface area contributed by atoms with Crippen LogP contribution in [0.5, 0.6) is 0 Å².